The third-order valence-electron chi connectivity index (χ3n) is 4.30. The van der Waals surface area contributed by atoms with E-state index in [4.69, 9.17) is 0 Å². The first-order valence-corrected chi connectivity index (χ1v) is 7.59. The highest BCUT2D eigenvalue weighted by Crippen LogP contribution is 2.33. The first kappa shape index (κ1) is 14.5. The minimum Gasteiger partial charge on any atom is -0.493 e. The van der Waals surface area contributed by atoms with Crippen LogP contribution in [0.25, 0.3) is 11.4 Å². The first-order valence-electron chi connectivity index (χ1n) is 7.59. The van der Waals surface area contributed by atoms with E-state index in [1.807, 2.05) is 0 Å². The number of hydrogen-bond donors (Lipinski definition) is 2. The van der Waals surface area contributed by atoms with Crippen molar-refractivity contribution in [1.82, 2.24) is 13.7 Å². The van der Waals surface area contributed by atoms with Crippen LogP contribution in [0.2, 0.25) is 0 Å². The Morgan fingerprint density at radius 3 is 2.38 bits per heavy atom. The summed E-state index contributed by atoms with van der Waals surface area (Å²) in [5.41, 5.74) is 0.839. The second-order valence-electron chi connectivity index (χ2n) is 5.71. The van der Waals surface area contributed by atoms with Gasteiger partial charge in [0.1, 0.15) is 11.8 Å². The van der Waals surface area contributed by atoms with Crippen LogP contribution in [0.15, 0.2) is 58.3 Å². The van der Waals surface area contributed by atoms with Gasteiger partial charge in [-0.05, 0) is 36.8 Å². The van der Waals surface area contributed by atoms with Gasteiger partial charge in [0, 0.05) is 24.5 Å². The Hall–Kier alpha value is -3.06. The van der Waals surface area contributed by atoms with Gasteiger partial charge in [0.25, 0.3) is 5.56 Å². The van der Waals surface area contributed by atoms with Gasteiger partial charge < -0.3 is 10.2 Å². The predicted octanol–water partition coefficient (Wildman–Crippen LogP) is 0.933. The molecule has 0 aliphatic carbocycles. The van der Waals surface area contributed by atoms with E-state index in [0.717, 1.165) is 4.57 Å². The molecule has 2 N–H and O–H groups in total. The largest absolute Gasteiger partial charge is 0.493 e. The minimum atomic E-state index is -0.832. The zero-order valence-corrected chi connectivity index (χ0v) is 12.7. The van der Waals surface area contributed by atoms with Gasteiger partial charge in [-0.15, -0.1) is 0 Å². The molecule has 122 valence electrons. The fourth-order valence-electron chi connectivity index (χ4n) is 3.12. The fourth-order valence-corrected chi connectivity index (χ4v) is 3.12. The molecule has 0 radical (unpaired) electrons. The summed E-state index contributed by atoms with van der Waals surface area (Å²) in [6.45, 7) is 0.382. The first-order chi connectivity index (χ1) is 11.6. The van der Waals surface area contributed by atoms with Crippen molar-refractivity contribution in [2.24, 2.45) is 0 Å². The van der Waals surface area contributed by atoms with Gasteiger partial charge in [-0.2, -0.15) is 0 Å². The van der Waals surface area contributed by atoms with Crippen LogP contribution in [-0.4, -0.2) is 23.9 Å². The lowest BCUT2D eigenvalue weighted by molar-refractivity contribution is 0.175. The van der Waals surface area contributed by atoms with Gasteiger partial charge in [0.15, 0.2) is 0 Å². The Kier molecular flexibility index (Phi) is 3.17. The van der Waals surface area contributed by atoms with E-state index in [2.05, 4.69) is 0 Å². The molecule has 0 saturated carbocycles. The number of aliphatic hydroxyl groups excluding tert-OH is 1. The predicted molar refractivity (Wildman–Crippen MR) is 86.9 cm³/mol. The van der Waals surface area contributed by atoms with Crippen LogP contribution in [0.4, 0.5) is 0 Å². The number of benzene rings is 1. The number of aromatic nitrogens is 3. The molecule has 0 saturated heterocycles. The molecule has 24 heavy (non-hydrogen) atoms. The van der Waals surface area contributed by atoms with E-state index >= 15 is 0 Å². The van der Waals surface area contributed by atoms with E-state index in [-0.39, 0.29) is 22.8 Å². The Morgan fingerprint density at radius 1 is 1.00 bits per heavy atom. The van der Waals surface area contributed by atoms with E-state index < -0.39 is 6.10 Å². The molecule has 0 bridgehead atoms. The highest BCUT2D eigenvalue weighted by atomic mass is 16.3. The van der Waals surface area contributed by atoms with Crippen molar-refractivity contribution < 1.29 is 10.2 Å². The van der Waals surface area contributed by atoms with Crippen molar-refractivity contribution in [3.05, 3.63) is 75.2 Å². The molecule has 0 fully saturated rings. The van der Waals surface area contributed by atoms with Crippen LogP contribution in [0, 0.1) is 0 Å². The maximum absolute atomic E-state index is 12.4. The van der Waals surface area contributed by atoms with Crippen LogP contribution in [0.1, 0.15) is 18.2 Å². The lowest BCUT2D eigenvalue weighted by atomic mass is 10.2. The van der Waals surface area contributed by atoms with Gasteiger partial charge >= 0.3 is 5.69 Å². The molecule has 1 aliphatic heterocycles. The quantitative estimate of drug-likeness (QED) is 0.733. The molecule has 1 atom stereocenters. The molecule has 0 unspecified atom stereocenters. The van der Waals surface area contributed by atoms with Crippen molar-refractivity contribution >= 4 is 0 Å². The summed E-state index contributed by atoms with van der Waals surface area (Å²) in [5, 5.41) is 20.2. The third-order valence-corrected chi connectivity index (χ3v) is 4.30. The molecule has 0 spiro atoms. The number of hydrogen-bond acceptors (Lipinski definition) is 4. The molecule has 3 aromatic rings. The lowest BCUT2D eigenvalue weighted by Crippen LogP contribution is -2.22. The van der Waals surface area contributed by atoms with E-state index in [0.29, 0.717) is 24.3 Å². The second kappa shape index (κ2) is 5.24. The third kappa shape index (κ3) is 2.02. The number of aliphatic hydroxyl groups is 1. The number of nitrogens with zero attached hydrogens (tertiary/aromatic N) is 3. The van der Waals surface area contributed by atoms with Crippen LogP contribution in [-0.2, 0) is 6.54 Å². The monoisotopic (exact) mass is 325 g/mol. The molecule has 7 heteroatoms. The van der Waals surface area contributed by atoms with E-state index in [1.165, 1.54) is 15.2 Å². The standard InChI is InChI=1S/C17H15N3O4/c21-13-8-10-19-15(13)16(23)20(17(19)24)12-6-4-11(5-7-12)18-9-2-1-3-14(18)22/h1-7,9,13,21,23H,8,10H2/t13-/m0/s1. The summed E-state index contributed by atoms with van der Waals surface area (Å²) < 4.78 is 4.03. The molecular weight excluding hydrogens is 310 g/mol. The summed E-state index contributed by atoms with van der Waals surface area (Å²) in [4.78, 5) is 24.3. The highest BCUT2D eigenvalue weighted by Gasteiger charge is 2.30. The summed E-state index contributed by atoms with van der Waals surface area (Å²) in [7, 11) is 0. The Labute approximate surface area is 136 Å². The molecule has 1 aliphatic rings. The summed E-state index contributed by atoms with van der Waals surface area (Å²) in [5.74, 6) is -0.241. The number of rotatable bonds is 2. The number of imidazole rings is 1. The highest BCUT2D eigenvalue weighted by molar-refractivity contribution is 5.45. The van der Waals surface area contributed by atoms with Gasteiger partial charge in [-0.25, -0.2) is 9.36 Å². The molecule has 7 nitrogen and oxygen atoms in total. The summed E-state index contributed by atoms with van der Waals surface area (Å²) in [6.07, 6.45) is 1.25. The Balaban J connectivity index is 1.80. The summed E-state index contributed by atoms with van der Waals surface area (Å²) in [6, 6.07) is 11.6. The van der Waals surface area contributed by atoms with Gasteiger partial charge in [0.2, 0.25) is 5.88 Å². The van der Waals surface area contributed by atoms with Crippen LogP contribution >= 0.6 is 0 Å². The van der Waals surface area contributed by atoms with Crippen LogP contribution < -0.4 is 11.2 Å². The normalized spacial score (nSPS) is 16.3. The van der Waals surface area contributed by atoms with Crippen molar-refractivity contribution in [3.63, 3.8) is 0 Å². The van der Waals surface area contributed by atoms with Crippen LogP contribution in [0.3, 0.4) is 0 Å². The topological polar surface area (TPSA) is 89.4 Å². The summed E-state index contributed by atoms with van der Waals surface area (Å²) >= 11 is 0. The Bertz CT molecular complexity index is 1030. The van der Waals surface area contributed by atoms with Gasteiger partial charge in [-0.1, -0.05) is 6.07 Å². The molecule has 4 rings (SSSR count). The van der Waals surface area contributed by atoms with Crippen molar-refractivity contribution in [3.8, 4) is 17.3 Å². The number of fused-ring (bicyclic) bond motifs is 1. The van der Waals surface area contributed by atoms with Crippen LogP contribution in [0.5, 0.6) is 5.88 Å². The smallest absolute Gasteiger partial charge is 0.336 e. The Morgan fingerprint density at radius 2 is 1.71 bits per heavy atom. The van der Waals surface area contributed by atoms with Gasteiger partial charge in [0.05, 0.1) is 5.69 Å². The second-order valence-corrected chi connectivity index (χ2v) is 5.71. The van der Waals surface area contributed by atoms with Crippen molar-refractivity contribution in [2.45, 2.75) is 19.1 Å². The average Bonchev–Trinajstić information content (AvgIpc) is 3.08. The molecule has 2 aromatic heterocycles. The number of aromatic hydroxyl groups is 1. The van der Waals surface area contributed by atoms with E-state index in [1.54, 1.807) is 42.6 Å². The molecular formula is C17H15N3O4. The molecule has 3 heterocycles. The lowest BCUT2D eigenvalue weighted by Gasteiger charge is -2.08. The maximum atomic E-state index is 12.4. The average molecular weight is 325 g/mol. The maximum Gasteiger partial charge on any atom is 0.336 e. The van der Waals surface area contributed by atoms with Crippen molar-refractivity contribution in [1.29, 1.82) is 0 Å². The van der Waals surface area contributed by atoms with Gasteiger partial charge in [-0.3, -0.25) is 13.9 Å². The zero-order chi connectivity index (χ0) is 16.8. The SMILES string of the molecule is O=c1ccccn1-c1ccc(-n2c(O)c3n(c2=O)CC[C@@H]3O)cc1. The molecule has 1 aromatic carbocycles. The molecule has 0 amide bonds. The zero-order valence-electron chi connectivity index (χ0n) is 12.7. The van der Waals surface area contributed by atoms with E-state index in [9.17, 15) is 19.8 Å². The minimum absolute atomic E-state index is 0.156. The fraction of sp³-hybridized carbons (Fsp3) is 0.176. The van der Waals surface area contributed by atoms with Crippen molar-refractivity contribution in [2.75, 3.05) is 0 Å². The number of pyridine rings is 1.